The molecule has 1 fully saturated rings. The maximum atomic E-state index is 12.8. The zero-order valence-corrected chi connectivity index (χ0v) is 17.8. The van der Waals surface area contributed by atoms with E-state index in [0.717, 1.165) is 56.2 Å². The lowest BCUT2D eigenvalue weighted by atomic mass is 9.74. The van der Waals surface area contributed by atoms with Crippen LogP contribution in [0.15, 0.2) is 48.5 Å². The number of ether oxygens (including phenoxy) is 2. The first-order chi connectivity index (χ1) is 14.6. The summed E-state index contributed by atoms with van der Waals surface area (Å²) in [6.45, 7) is 8.29. The van der Waals surface area contributed by atoms with Crippen LogP contribution >= 0.6 is 0 Å². The normalized spacial score (nSPS) is 22.4. The third-order valence-corrected chi connectivity index (χ3v) is 6.83. The highest BCUT2D eigenvalue weighted by molar-refractivity contribution is 5.97. The molecule has 2 aromatic rings. The molecule has 0 bridgehead atoms. The van der Waals surface area contributed by atoms with Gasteiger partial charge in [0.25, 0.3) is 0 Å². The van der Waals surface area contributed by atoms with Gasteiger partial charge in [-0.05, 0) is 49.7 Å². The Bertz CT molecular complexity index is 933. The number of para-hydroxylation sites is 3. The van der Waals surface area contributed by atoms with E-state index in [4.69, 9.17) is 9.47 Å². The molecule has 0 N–H and O–H groups in total. The van der Waals surface area contributed by atoms with E-state index >= 15 is 0 Å². The van der Waals surface area contributed by atoms with Crippen molar-refractivity contribution in [2.45, 2.75) is 38.2 Å². The van der Waals surface area contributed by atoms with Crippen LogP contribution in [0.1, 0.15) is 32.3 Å². The summed E-state index contributed by atoms with van der Waals surface area (Å²) in [5, 5.41) is 0. The molecule has 1 atom stereocenters. The standard InChI is InChI=1S/C25H30N2O3/c1-18(2)24(28)27-17-25(20-7-3-4-8-21(20)27)11-13-26(14-12-25)15-19-16-29-22-9-5-6-10-23(22)30-19/h3-10,18-19H,11-17H2,1-2H3. The molecular weight excluding hydrogens is 376 g/mol. The first kappa shape index (κ1) is 19.4. The lowest BCUT2D eigenvalue weighted by molar-refractivity contribution is -0.121. The van der Waals surface area contributed by atoms with Crippen molar-refractivity contribution in [1.82, 2.24) is 4.90 Å². The number of carbonyl (C=O) groups excluding carboxylic acids is 1. The van der Waals surface area contributed by atoms with E-state index in [-0.39, 0.29) is 23.3 Å². The molecule has 158 valence electrons. The van der Waals surface area contributed by atoms with Gasteiger partial charge in [-0.25, -0.2) is 0 Å². The summed E-state index contributed by atoms with van der Waals surface area (Å²) in [6.07, 6.45) is 2.19. The van der Waals surface area contributed by atoms with Crippen LogP contribution in [0.5, 0.6) is 11.5 Å². The number of nitrogens with zero attached hydrogens (tertiary/aromatic N) is 2. The number of likely N-dealkylation sites (tertiary alicyclic amines) is 1. The average molecular weight is 407 g/mol. The lowest BCUT2D eigenvalue weighted by Gasteiger charge is -2.41. The smallest absolute Gasteiger partial charge is 0.229 e. The number of fused-ring (bicyclic) bond motifs is 3. The second kappa shape index (κ2) is 7.62. The van der Waals surface area contributed by atoms with Crippen molar-refractivity contribution in [2.24, 2.45) is 5.92 Å². The molecule has 5 nitrogen and oxygen atoms in total. The molecule has 0 saturated carbocycles. The molecule has 0 radical (unpaired) electrons. The fraction of sp³-hybridized carbons (Fsp3) is 0.480. The summed E-state index contributed by atoms with van der Waals surface area (Å²) in [6, 6.07) is 16.4. The second-order valence-corrected chi connectivity index (χ2v) is 9.17. The molecule has 0 aromatic heterocycles. The highest BCUT2D eigenvalue weighted by Crippen LogP contribution is 2.47. The van der Waals surface area contributed by atoms with Crippen LogP contribution in [0.2, 0.25) is 0 Å². The van der Waals surface area contributed by atoms with Gasteiger partial charge in [0.05, 0.1) is 0 Å². The lowest BCUT2D eigenvalue weighted by Crippen LogP contribution is -2.49. The topological polar surface area (TPSA) is 42.0 Å². The number of benzene rings is 2. The zero-order chi connectivity index (χ0) is 20.7. The predicted octanol–water partition coefficient (Wildman–Crippen LogP) is 3.86. The number of hydrogen-bond donors (Lipinski definition) is 0. The Morgan fingerprint density at radius 1 is 1.07 bits per heavy atom. The molecule has 1 unspecified atom stereocenters. The number of anilines is 1. The Labute approximate surface area is 178 Å². The van der Waals surface area contributed by atoms with Gasteiger partial charge in [-0.1, -0.05) is 44.2 Å². The fourth-order valence-electron chi connectivity index (χ4n) is 5.17. The van der Waals surface area contributed by atoms with E-state index in [0.29, 0.717) is 6.61 Å². The van der Waals surface area contributed by atoms with Gasteiger partial charge in [-0.15, -0.1) is 0 Å². The van der Waals surface area contributed by atoms with Gasteiger partial charge >= 0.3 is 0 Å². The van der Waals surface area contributed by atoms with E-state index in [1.165, 1.54) is 5.56 Å². The van der Waals surface area contributed by atoms with Gasteiger partial charge < -0.3 is 14.4 Å². The minimum Gasteiger partial charge on any atom is -0.486 e. The molecule has 2 aromatic carbocycles. The van der Waals surface area contributed by atoms with Gasteiger partial charge in [0, 0.05) is 30.1 Å². The summed E-state index contributed by atoms with van der Waals surface area (Å²) in [7, 11) is 0. The van der Waals surface area contributed by atoms with Crippen LogP contribution < -0.4 is 14.4 Å². The van der Waals surface area contributed by atoms with Crippen molar-refractivity contribution in [3.05, 3.63) is 54.1 Å². The Kier molecular flexibility index (Phi) is 4.94. The maximum absolute atomic E-state index is 12.8. The average Bonchev–Trinajstić information content (AvgIpc) is 3.09. The molecular formula is C25H30N2O3. The summed E-state index contributed by atoms with van der Waals surface area (Å²) in [5.41, 5.74) is 2.55. The Morgan fingerprint density at radius 2 is 1.77 bits per heavy atom. The highest BCUT2D eigenvalue weighted by Gasteiger charge is 2.46. The molecule has 3 aliphatic heterocycles. The van der Waals surface area contributed by atoms with Crippen molar-refractivity contribution in [3.63, 3.8) is 0 Å². The summed E-state index contributed by atoms with van der Waals surface area (Å²) in [4.78, 5) is 17.4. The highest BCUT2D eigenvalue weighted by atomic mass is 16.6. The first-order valence-corrected chi connectivity index (χ1v) is 11.1. The molecule has 3 heterocycles. The maximum Gasteiger partial charge on any atom is 0.229 e. The molecule has 3 aliphatic rings. The molecule has 5 heteroatoms. The number of amides is 1. The van der Waals surface area contributed by atoms with Gasteiger partial charge in [-0.2, -0.15) is 0 Å². The molecule has 1 spiro atoms. The number of hydrogen-bond acceptors (Lipinski definition) is 4. The molecule has 1 saturated heterocycles. The molecule has 5 rings (SSSR count). The van der Waals surface area contributed by atoms with E-state index < -0.39 is 0 Å². The Balaban J connectivity index is 1.26. The van der Waals surface area contributed by atoms with Gasteiger partial charge in [0.1, 0.15) is 12.7 Å². The Morgan fingerprint density at radius 3 is 2.53 bits per heavy atom. The minimum atomic E-state index is 0.0135. The van der Waals surface area contributed by atoms with Gasteiger partial charge in [-0.3, -0.25) is 9.69 Å². The first-order valence-electron chi connectivity index (χ1n) is 11.1. The van der Waals surface area contributed by atoms with Crippen molar-refractivity contribution in [1.29, 1.82) is 0 Å². The SMILES string of the molecule is CC(C)C(=O)N1CC2(CCN(CC3COc4ccccc4O3)CC2)c2ccccc21. The van der Waals surface area contributed by atoms with E-state index in [1.54, 1.807) is 0 Å². The van der Waals surface area contributed by atoms with Crippen molar-refractivity contribution >= 4 is 11.6 Å². The zero-order valence-electron chi connectivity index (χ0n) is 17.8. The van der Waals surface area contributed by atoms with Crippen molar-refractivity contribution < 1.29 is 14.3 Å². The minimum absolute atomic E-state index is 0.0135. The predicted molar refractivity (Wildman–Crippen MR) is 117 cm³/mol. The van der Waals surface area contributed by atoms with Crippen molar-refractivity contribution in [2.75, 3.05) is 37.7 Å². The van der Waals surface area contributed by atoms with Crippen LogP contribution in [-0.2, 0) is 10.2 Å². The van der Waals surface area contributed by atoms with Crippen LogP contribution in [0.4, 0.5) is 5.69 Å². The van der Waals surface area contributed by atoms with E-state index in [9.17, 15) is 4.79 Å². The quantitative estimate of drug-likeness (QED) is 0.776. The van der Waals surface area contributed by atoms with E-state index in [2.05, 4.69) is 23.1 Å². The molecule has 30 heavy (non-hydrogen) atoms. The Hall–Kier alpha value is -2.53. The third-order valence-electron chi connectivity index (χ3n) is 6.83. The summed E-state index contributed by atoms with van der Waals surface area (Å²) >= 11 is 0. The van der Waals surface area contributed by atoms with Gasteiger partial charge in [0.2, 0.25) is 5.91 Å². The fourth-order valence-corrected chi connectivity index (χ4v) is 5.17. The largest absolute Gasteiger partial charge is 0.486 e. The molecule has 1 amide bonds. The van der Waals surface area contributed by atoms with Gasteiger partial charge in [0.15, 0.2) is 11.5 Å². The van der Waals surface area contributed by atoms with E-state index in [1.807, 2.05) is 49.1 Å². The van der Waals surface area contributed by atoms with Crippen LogP contribution in [0.25, 0.3) is 0 Å². The van der Waals surface area contributed by atoms with Crippen LogP contribution in [0.3, 0.4) is 0 Å². The number of piperidine rings is 1. The second-order valence-electron chi connectivity index (χ2n) is 9.17. The number of carbonyl (C=O) groups is 1. The van der Waals surface area contributed by atoms with Crippen LogP contribution in [-0.4, -0.2) is 49.7 Å². The van der Waals surface area contributed by atoms with Crippen molar-refractivity contribution in [3.8, 4) is 11.5 Å². The third kappa shape index (κ3) is 3.35. The summed E-state index contributed by atoms with van der Waals surface area (Å²) < 4.78 is 12.0. The van der Waals surface area contributed by atoms with Crippen LogP contribution in [0, 0.1) is 5.92 Å². The molecule has 0 aliphatic carbocycles. The number of rotatable bonds is 3. The summed E-state index contributed by atoms with van der Waals surface area (Å²) in [5.74, 6) is 1.92. The monoisotopic (exact) mass is 406 g/mol.